The third-order valence-corrected chi connectivity index (χ3v) is 4.02. The standard InChI is InChI=1S/C13H9BrCl2FN/c14-9(6-8-4-5-18-7-11(8)16)13-10(15)2-1-3-12(13)17/h1-5,7,9H,6H2. The van der Waals surface area contributed by atoms with Crippen LogP contribution in [-0.4, -0.2) is 4.98 Å². The molecular formula is C13H9BrCl2FN. The number of halogens is 4. The molecule has 0 saturated carbocycles. The Balaban J connectivity index is 2.28. The average molecular weight is 349 g/mol. The van der Waals surface area contributed by atoms with Gasteiger partial charge in [0.1, 0.15) is 5.82 Å². The summed E-state index contributed by atoms with van der Waals surface area (Å²) in [4.78, 5) is 3.68. The molecule has 18 heavy (non-hydrogen) atoms. The van der Waals surface area contributed by atoms with Crippen LogP contribution in [0, 0.1) is 5.82 Å². The van der Waals surface area contributed by atoms with Crippen molar-refractivity contribution in [3.8, 4) is 0 Å². The van der Waals surface area contributed by atoms with Gasteiger partial charge in [-0.3, -0.25) is 4.98 Å². The van der Waals surface area contributed by atoms with Crippen molar-refractivity contribution in [3.05, 3.63) is 63.6 Å². The minimum Gasteiger partial charge on any atom is -0.263 e. The highest BCUT2D eigenvalue weighted by Crippen LogP contribution is 2.35. The molecule has 0 aliphatic heterocycles. The molecule has 1 unspecified atom stereocenters. The molecule has 2 rings (SSSR count). The lowest BCUT2D eigenvalue weighted by Gasteiger charge is -2.13. The molecule has 1 aromatic heterocycles. The second-order valence-electron chi connectivity index (χ2n) is 3.77. The Labute approximate surface area is 123 Å². The smallest absolute Gasteiger partial charge is 0.129 e. The van der Waals surface area contributed by atoms with E-state index >= 15 is 0 Å². The topological polar surface area (TPSA) is 12.9 Å². The third kappa shape index (κ3) is 3.02. The number of alkyl halides is 1. The van der Waals surface area contributed by atoms with Crippen molar-refractivity contribution in [1.29, 1.82) is 0 Å². The van der Waals surface area contributed by atoms with E-state index in [1.54, 1.807) is 24.5 Å². The van der Waals surface area contributed by atoms with E-state index in [9.17, 15) is 4.39 Å². The van der Waals surface area contributed by atoms with E-state index in [0.29, 0.717) is 22.0 Å². The van der Waals surface area contributed by atoms with Crippen LogP contribution in [0.15, 0.2) is 36.7 Å². The Morgan fingerprint density at radius 2 is 2.00 bits per heavy atom. The van der Waals surface area contributed by atoms with Crippen molar-refractivity contribution < 1.29 is 4.39 Å². The normalized spacial score (nSPS) is 12.4. The fraction of sp³-hybridized carbons (Fsp3) is 0.154. The summed E-state index contributed by atoms with van der Waals surface area (Å²) >= 11 is 15.5. The van der Waals surface area contributed by atoms with Crippen LogP contribution in [0.3, 0.4) is 0 Å². The molecule has 0 aliphatic carbocycles. The molecule has 0 spiro atoms. The summed E-state index contributed by atoms with van der Waals surface area (Å²) in [7, 11) is 0. The first-order valence-corrected chi connectivity index (χ1v) is 6.93. The number of pyridine rings is 1. The predicted molar refractivity (Wildman–Crippen MR) is 76.0 cm³/mol. The van der Waals surface area contributed by atoms with Crippen LogP contribution in [0.25, 0.3) is 0 Å². The van der Waals surface area contributed by atoms with Crippen molar-refractivity contribution in [2.75, 3.05) is 0 Å². The van der Waals surface area contributed by atoms with E-state index in [1.807, 2.05) is 6.07 Å². The van der Waals surface area contributed by atoms with Crippen LogP contribution >= 0.6 is 39.1 Å². The van der Waals surface area contributed by atoms with Crippen LogP contribution in [0.2, 0.25) is 10.0 Å². The van der Waals surface area contributed by atoms with Gasteiger partial charge in [0, 0.05) is 27.8 Å². The summed E-state index contributed by atoms with van der Waals surface area (Å²) in [6, 6.07) is 6.46. The molecular weight excluding hydrogens is 340 g/mol. The van der Waals surface area contributed by atoms with Gasteiger partial charge in [-0.1, -0.05) is 45.2 Å². The fourth-order valence-electron chi connectivity index (χ4n) is 1.67. The number of aromatic nitrogens is 1. The maximum atomic E-state index is 13.7. The van der Waals surface area contributed by atoms with Gasteiger partial charge in [-0.25, -0.2) is 4.39 Å². The molecule has 0 radical (unpaired) electrons. The Hall–Kier alpha value is -0.640. The summed E-state index contributed by atoms with van der Waals surface area (Å²) < 4.78 is 13.7. The van der Waals surface area contributed by atoms with Crippen LogP contribution in [0.4, 0.5) is 4.39 Å². The minimum atomic E-state index is -0.324. The van der Waals surface area contributed by atoms with E-state index < -0.39 is 0 Å². The molecule has 1 atom stereocenters. The zero-order valence-corrected chi connectivity index (χ0v) is 12.3. The lowest BCUT2D eigenvalue weighted by molar-refractivity contribution is 0.608. The van der Waals surface area contributed by atoms with Gasteiger partial charge >= 0.3 is 0 Å². The maximum Gasteiger partial charge on any atom is 0.129 e. The third-order valence-electron chi connectivity index (χ3n) is 2.57. The van der Waals surface area contributed by atoms with E-state index in [2.05, 4.69) is 20.9 Å². The number of benzene rings is 1. The van der Waals surface area contributed by atoms with Crippen molar-refractivity contribution in [2.24, 2.45) is 0 Å². The Morgan fingerprint density at radius 1 is 1.22 bits per heavy atom. The van der Waals surface area contributed by atoms with Crippen molar-refractivity contribution in [3.63, 3.8) is 0 Å². The van der Waals surface area contributed by atoms with Crippen molar-refractivity contribution in [2.45, 2.75) is 11.2 Å². The first kappa shape index (κ1) is 13.8. The molecule has 0 amide bonds. The zero-order chi connectivity index (χ0) is 13.1. The highest BCUT2D eigenvalue weighted by atomic mass is 79.9. The lowest BCUT2D eigenvalue weighted by Crippen LogP contribution is -2.00. The number of rotatable bonds is 3. The van der Waals surface area contributed by atoms with Gasteiger partial charge in [-0.05, 0) is 30.2 Å². The van der Waals surface area contributed by atoms with Crippen LogP contribution in [-0.2, 0) is 6.42 Å². The predicted octanol–water partition coefficient (Wildman–Crippen LogP) is 5.21. The van der Waals surface area contributed by atoms with Gasteiger partial charge in [0.25, 0.3) is 0 Å². The largest absolute Gasteiger partial charge is 0.263 e. The Morgan fingerprint density at radius 3 is 2.67 bits per heavy atom. The Kier molecular flexibility index (Phi) is 4.60. The quantitative estimate of drug-likeness (QED) is 0.694. The monoisotopic (exact) mass is 347 g/mol. The molecule has 1 nitrogen and oxygen atoms in total. The second-order valence-corrected chi connectivity index (χ2v) is 5.69. The van der Waals surface area contributed by atoms with Gasteiger partial charge in [0.2, 0.25) is 0 Å². The first-order valence-electron chi connectivity index (χ1n) is 5.26. The minimum absolute atomic E-state index is 0.230. The first-order chi connectivity index (χ1) is 8.59. The second kappa shape index (κ2) is 6.00. The van der Waals surface area contributed by atoms with Crippen molar-refractivity contribution in [1.82, 2.24) is 4.98 Å². The molecule has 2 aromatic rings. The van der Waals surface area contributed by atoms with Crippen LogP contribution in [0.1, 0.15) is 16.0 Å². The molecule has 5 heteroatoms. The highest BCUT2D eigenvalue weighted by molar-refractivity contribution is 9.09. The average Bonchev–Trinajstić information content (AvgIpc) is 2.32. The highest BCUT2D eigenvalue weighted by Gasteiger charge is 2.17. The fourth-order valence-corrected chi connectivity index (χ4v) is 3.11. The summed E-state index contributed by atoms with van der Waals surface area (Å²) in [5.74, 6) is -0.324. The molecule has 0 N–H and O–H groups in total. The van der Waals surface area contributed by atoms with Crippen LogP contribution in [0.5, 0.6) is 0 Å². The Bertz CT molecular complexity index is 542. The molecule has 0 bridgehead atoms. The summed E-state index contributed by atoms with van der Waals surface area (Å²) in [6.07, 6.45) is 3.77. The summed E-state index contributed by atoms with van der Waals surface area (Å²) in [5, 5.41) is 0.969. The van der Waals surface area contributed by atoms with Crippen LogP contribution < -0.4 is 0 Å². The van der Waals surface area contributed by atoms with Gasteiger partial charge in [-0.15, -0.1) is 0 Å². The number of nitrogens with zero attached hydrogens (tertiary/aromatic N) is 1. The SMILES string of the molecule is Fc1cccc(Cl)c1C(Br)Cc1ccncc1Cl. The lowest BCUT2D eigenvalue weighted by atomic mass is 10.0. The van der Waals surface area contributed by atoms with E-state index in [4.69, 9.17) is 23.2 Å². The van der Waals surface area contributed by atoms with Crippen molar-refractivity contribution >= 4 is 39.1 Å². The van der Waals surface area contributed by atoms with E-state index in [-0.39, 0.29) is 10.6 Å². The molecule has 1 heterocycles. The molecule has 94 valence electrons. The van der Waals surface area contributed by atoms with E-state index in [0.717, 1.165) is 5.56 Å². The number of hydrogen-bond acceptors (Lipinski definition) is 1. The molecule has 0 fully saturated rings. The zero-order valence-electron chi connectivity index (χ0n) is 9.21. The molecule has 0 aliphatic rings. The van der Waals surface area contributed by atoms with Gasteiger partial charge < -0.3 is 0 Å². The van der Waals surface area contributed by atoms with E-state index in [1.165, 1.54) is 6.07 Å². The van der Waals surface area contributed by atoms with Gasteiger partial charge in [-0.2, -0.15) is 0 Å². The van der Waals surface area contributed by atoms with Gasteiger partial charge in [0.15, 0.2) is 0 Å². The maximum absolute atomic E-state index is 13.7. The summed E-state index contributed by atoms with van der Waals surface area (Å²) in [5.41, 5.74) is 1.35. The number of hydrogen-bond donors (Lipinski definition) is 0. The van der Waals surface area contributed by atoms with Gasteiger partial charge in [0.05, 0.1) is 5.02 Å². The molecule has 0 saturated heterocycles. The summed E-state index contributed by atoms with van der Waals surface area (Å²) in [6.45, 7) is 0. The molecule has 1 aromatic carbocycles.